The number of rotatable bonds is 5. The van der Waals surface area contributed by atoms with E-state index in [2.05, 4.69) is 15.3 Å². The van der Waals surface area contributed by atoms with E-state index in [1.165, 1.54) is 0 Å². The summed E-state index contributed by atoms with van der Waals surface area (Å²) in [4.78, 5) is 31.8. The number of esters is 1. The van der Waals surface area contributed by atoms with Crippen LogP contribution in [-0.4, -0.2) is 34.9 Å². The van der Waals surface area contributed by atoms with Crippen LogP contribution >= 0.6 is 12.4 Å². The van der Waals surface area contributed by atoms with Crippen molar-refractivity contribution in [3.8, 4) is 0 Å². The maximum Gasteiger partial charge on any atom is 0.347 e. The van der Waals surface area contributed by atoms with Gasteiger partial charge >= 0.3 is 5.97 Å². The molecule has 0 spiro atoms. The van der Waals surface area contributed by atoms with Gasteiger partial charge in [-0.05, 0) is 32.1 Å². The van der Waals surface area contributed by atoms with Gasteiger partial charge in [0, 0.05) is 29.9 Å². The maximum atomic E-state index is 12.6. The van der Waals surface area contributed by atoms with E-state index in [-0.39, 0.29) is 36.2 Å². The molecule has 0 bridgehead atoms. The first-order valence-electron chi connectivity index (χ1n) is 7.67. The Morgan fingerprint density at radius 3 is 2.96 bits per heavy atom. The Balaban J connectivity index is 0.00000225. The first-order valence-corrected chi connectivity index (χ1v) is 7.67. The van der Waals surface area contributed by atoms with Crippen LogP contribution in [0.25, 0.3) is 17.1 Å². The lowest BCUT2D eigenvalue weighted by Crippen LogP contribution is -2.19. The van der Waals surface area contributed by atoms with E-state index >= 15 is 0 Å². The van der Waals surface area contributed by atoms with Crippen LogP contribution in [0.3, 0.4) is 0 Å². The Labute approximate surface area is 150 Å². The average molecular weight is 364 g/mol. The van der Waals surface area contributed by atoms with Gasteiger partial charge in [0.25, 0.3) is 0 Å². The van der Waals surface area contributed by atoms with Crippen molar-refractivity contribution < 1.29 is 19.1 Å². The Morgan fingerprint density at radius 2 is 2.24 bits per heavy atom. The smallest absolute Gasteiger partial charge is 0.347 e. The third-order valence-electron chi connectivity index (χ3n) is 3.48. The standard InChI is InChI=1S/C17H17N3O4.ClH/c1-3-18-16-13(17(22)23-4-2)14(21)12(24-16)8-10-9-20-15-11(10)6-5-7-19-15;/h5-9,18H,3-4H2,1-2H3,(H,19,20);1H/b12-8-;. The molecule has 0 aliphatic carbocycles. The van der Waals surface area contributed by atoms with Crippen molar-refractivity contribution in [2.75, 3.05) is 13.2 Å². The van der Waals surface area contributed by atoms with Gasteiger partial charge in [0.2, 0.25) is 11.7 Å². The van der Waals surface area contributed by atoms with Gasteiger partial charge in [0.1, 0.15) is 5.65 Å². The molecule has 1 aliphatic heterocycles. The predicted molar refractivity (Wildman–Crippen MR) is 94.7 cm³/mol. The van der Waals surface area contributed by atoms with Crippen LogP contribution in [0.5, 0.6) is 0 Å². The van der Waals surface area contributed by atoms with Gasteiger partial charge in [-0.2, -0.15) is 0 Å². The average Bonchev–Trinajstić information content (AvgIpc) is 3.11. The molecule has 0 atom stereocenters. The molecule has 25 heavy (non-hydrogen) atoms. The molecule has 0 fully saturated rings. The summed E-state index contributed by atoms with van der Waals surface area (Å²) in [5, 5.41) is 3.74. The number of aromatic amines is 1. The monoisotopic (exact) mass is 363 g/mol. The number of H-pyrrole nitrogens is 1. The quantitative estimate of drug-likeness (QED) is 0.481. The Hall–Kier alpha value is -2.80. The number of ether oxygens (including phenoxy) is 2. The second kappa shape index (κ2) is 7.85. The largest absolute Gasteiger partial charge is 0.462 e. The van der Waals surface area contributed by atoms with Crippen LogP contribution in [0, 0.1) is 0 Å². The molecule has 0 amide bonds. The number of halogens is 1. The summed E-state index contributed by atoms with van der Waals surface area (Å²) >= 11 is 0. The van der Waals surface area contributed by atoms with Crippen molar-refractivity contribution in [2.24, 2.45) is 0 Å². The highest BCUT2D eigenvalue weighted by molar-refractivity contribution is 6.26. The number of carbonyl (C=O) groups excluding carboxylic acids is 2. The number of aromatic nitrogens is 2. The van der Waals surface area contributed by atoms with Crippen molar-refractivity contribution in [3.63, 3.8) is 0 Å². The maximum absolute atomic E-state index is 12.6. The fraction of sp³-hybridized carbons (Fsp3) is 0.235. The van der Waals surface area contributed by atoms with E-state index in [9.17, 15) is 9.59 Å². The van der Waals surface area contributed by atoms with Gasteiger partial charge in [-0.3, -0.25) is 4.79 Å². The molecule has 0 radical (unpaired) electrons. The van der Waals surface area contributed by atoms with Crippen molar-refractivity contribution in [1.82, 2.24) is 15.3 Å². The number of hydrogen-bond donors (Lipinski definition) is 2. The molecule has 7 nitrogen and oxygen atoms in total. The van der Waals surface area contributed by atoms with Gasteiger partial charge in [-0.1, -0.05) is 0 Å². The summed E-state index contributed by atoms with van der Waals surface area (Å²) in [6.07, 6.45) is 5.00. The molecule has 8 heteroatoms. The number of ketones is 1. The minimum absolute atomic E-state index is 0. The van der Waals surface area contributed by atoms with Crippen LogP contribution in [0.4, 0.5) is 0 Å². The summed E-state index contributed by atoms with van der Waals surface area (Å²) in [7, 11) is 0. The molecule has 2 aromatic heterocycles. The molecule has 0 aromatic carbocycles. The van der Waals surface area contributed by atoms with Crippen molar-refractivity contribution in [2.45, 2.75) is 13.8 Å². The summed E-state index contributed by atoms with van der Waals surface area (Å²) in [6.45, 7) is 4.22. The number of pyridine rings is 1. The second-order valence-corrected chi connectivity index (χ2v) is 5.04. The first kappa shape index (κ1) is 18.5. The summed E-state index contributed by atoms with van der Waals surface area (Å²) in [6, 6.07) is 3.69. The van der Waals surface area contributed by atoms with E-state index in [0.717, 1.165) is 10.9 Å². The van der Waals surface area contributed by atoms with E-state index in [1.807, 2.05) is 19.1 Å². The first-order chi connectivity index (χ1) is 11.7. The van der Waals surface area contributed by atoms with Crippen LogP contribution in [0.1, 0.15) is 19.4 Å². The lowest BCUT2D eigenvalue weighted by molar-refractivity contribution is -0.139. The van der Waals surface area contributed by atoms with E-state index in [1.54, 1.807) is 25.4 Å². The molecular weight excluding hydrogens is 346 g/mol. The van der Waals surface area contributed by atoms with Gasteiger partial charge in [0.15, 0.2) is 11.3 Å². The Kier molecular flexibility index (Phi) is 5.82. The van der Waals surface area contributed by atoms with Crippen LogP contribution in [0.15, 0.2) is 41.7 Å². The minimum atomic E-state index is -0.692. The van der Waals surface area contributed by atoms with Crippen molar-refractivity contribution in [3.05, 3.63) is 47.3 Å². The lowest BCUT2D eigenvalue weighted by atomic mass is 10.1. The number of Topliss-reactive ketones (excluding diaryl/α,β-unsaturated/α-hetero) is 1. The van der Waals surface area contributed by atoms with Crippen LogP contribution in [0.2, 0.25) is 0 Å². The number of allylic oxidation sites excluding steroid dienone is 1. The highest BCUT2D eigenvalue weighted by Crippen LogP contribution is 2.28. The van der Waals surface area contributed by atoms with Gasteiger partial charge in [-0.15, -0.1) is 12.4 Å². The zero-order chi connectivity index (χ0) is 17.1. The summed E-state index contributed by atoms with van der Waals surface area (Å²) < 4.78 is 10.5. The van der Waals surface area contributed by atoms with E-state index in [0.29, 0.717) is 12.2 Å². The molecule has 0 saturated heterocycles. The summed E-state index contributed by atoms with van der Waals surface area (Å²) in [5.74, 6) is -0.992. The van der Waals surface area contributed by atoms with Crippen LogP contribution in [-0.2, 0) is 19.1 Å². The van der Waals surface area contributed by atoms with Crippen LogP contribution < -0.4 is 5.32 Å². The third kappa shape index (κ3) is 3.51. The molecule has 2 aromatic rings. The number of nitrogens with one attached hydrogen (secondary N) is 2. The summed E-state index contributed by atoms with van der Waals surface area (Å²) in [5.41, 5.74) is 1.35. The normalized spacial score (nSPS) is 15.3. The molecule has 3 rings (SSSR count). The number of nitrogens with zero attached hydrogens (tertiary/aromatic N) is 1. The second-order valence-electron chi connectivity index (χ2n) is 5.04. The zero-order valence-corrected chi connectivity index (χ0v) is 14.6. The third-order valence-corrected chi connectivity index (χ3v) is 3.48. The molecule has 0 saturated carbocycles. The Bertz CT molecular complexity index is 870. The fourth-order valence-electron chi connectivity index (χ4n) is 2.44. The topological polar surface area (TPSA) is 93.3 Å². The SMILES string of the molecule is CCNC1=C(C(=O)OCC)C(=O)/C(=C/c2c[nH]c3ncccc23)O1.Cl. The Morgan fingerprint density at radius 1 is 1.44 bits per heavy atom. The molecule has 0 unspecified atom stereocenters. The van der Waals surface area contributed by atoms with Gasteiger partial charge in [0.05, 0.1) is 6.61 Å². The molecule has 2 N–H and O–H groups in total. The molecular formula is C17H18ClN3O4. The number of carbonyl (C=O) groups is 2. The van der Waals surface area contributed by atoms with Gasteiger partial charge in [-0.25, -0.2) is 9.78 Å². The number of fused-ring (bicyclic) bond motifs is 1. The minimum Gasteiger partial charge on any atom is -0.462 e. The molecule has 1 aliphatic rings. The zero-order valence-electron chi connectivity index (χ0n) is 13.8. The number of hydrogen-bond acceptors (Lipinski definition) is 6. The van der Waals surface area contributed by atoms with Crippen molar-refractivity contribution >= 4 is 41.3 Å². The molecule has 3 heterocycles. The lowest BCUT2D eigenvalue weighted by Gasteiger charge is -2.05. The highest BCUT2D eigenvalue weighted by atomic mass is 35.5. The fourth-order valence-corrected chi connectivity index (χ4v) is 2.44. The highest BCUT2D eigenvalue weighted by Gasteiger charge is 2.36. The predicted octanol–water partition coefficient (Wildman–Crippen LogP) is 2.31. The van der Waals surface area contributed by atoms with E-state index < -0.39 is 11.8 Å². The van der Waals surface area contributed by atoms with Gasteiger partial charge < -0.3 is 19.8 Å². The van der Waals surface area contributed by atoms with Crippen molar-refractivity contribution in [1.29, 1.82) is 0 Å². The van der Waals surface area contributed by atoms with E-state index in [4.69, 9.17) is 9.47 Å². The molecule has 132 valence electrons.